The smallest absolute Gasteiger partial charge is 0.149 e. The summed E-state index contributed by atoms with van der Waals surface area (Å²) in [6.45, 7) is 0. The zero-order valence-corrected chi connectivity index (χ0v) is 20.7. The van der Waals surface area contributed by atoms with Crippen molar-refractivity contribution in [2.24, 2.45) is 0 Å². The Labute approximate surface area is 194 Å². The molecule has 0 spiro atoms. The highest BCUT2D eigenvalue weighted by molar-refractivity contribution is 9.11. The van der Waals surface area contributed by atoms with Crippen molar-refractivity contribution in [2.75, 3.05) is 10.7 Å². The maximum Gasteiger partial charge on any atom is 0.149 e. The van der Waals surface area contributed by atoms with Crippen LogP contribution in [0, 0.1) is 0 Å². The third kappa shape index (κ3) is 3.62. The lowest BCUT2D eigenvalue weighted by Crippen LogP contribution is -2.23. The molecule has 0 radical (unpaired) electrons. The van der Waals surface area contributed by atoms with Crippen LogP contribution in [0.3, 0.4) is 0 Å². The van der Waals surface area contributed by atoms with E-state index in [-0.39, 0.29) is 17.6 Å². The fourth-order valence-electron chi connectivity index (χ4n) is 3.44. The molecule has 2 N–H and O–H groups in total. The van der Waals surface area contributed by atoms with Crippen molar-refractivity contribution in [1.82, 2.24) is 19.9 Å². The van der Waals surface area contributed by atoms with Crippen LogP contribution < -0.4 is 0 Å². The Balaban J connectivity index is 1.77. The number of Topliss-reactive ketones (excluding diaryl/α,β-unsaturated/α-hetero) is 1. The van der Waals surface area contributed by atoms with Gasteiger partial charge in [0.15, 0.2) is 0 Å². The van der Waals surface area contributed by atoms with Crippen LogP contribution in [0.2, 0.25) is 0 Å². The summed E-state index contributed by atoms with van der Waals surface area (Å²) in [6.07, 6.45) is 7.25. The third-order valence-electron chi connectivity index (χ3n) is 4.81. The number of pyridine rings is 2. The molecular formula is C19H14Br4N4O. The molecule has 144 valence electrons. The SMILES string of the molecule is O=C(C(CBr)c1c[nH]c2ncc(Br)cc12)C(CBr)c1c[nH]c2ncc(Br)cc12. The van der Waals surface area contributed by atoms with Crippen LogP contribution in [0.1, 0.15) is 23.0 Å². The largest absolute Gasteiger partial charge is 0.346 e. The van der Waals surface area contributed by atoms with E-state index in [2.05, 4.69) is 83.7 Å². The van der Waals surface area contributed by atoms with Gasteiger partial charge in [-0.3, -0.25) is 4.79 Å². The fraction of sp³-hybridized carbons (Fsp3) is 0.211. The van der Waals surface area contributed by atoms with Gasteiger partial charge in [0.25, 0.3) is 0 Å². The molecule has 9 heteroatoms. The molecule has 0 fully saturated rings. The maximum atomic E-state index is 13.6. The molecular weight excluding hydrogens is 620 g/mol. The zero-order valence-electron chi connectivity index (χ0n) is 14.3. The van der Waals surface area contributed by atoms with E-state index in [1.165, 1.54) is 0 Å². The number of H-pyrrole nitrogens is 2. The highest BCUT2D eigenvalue weighted by atomic mass is 79.9. The van der Waals surface area contributed by atoms with Gasteiger partial charge in [-0.2, -0.15) is 0 Å². The number of aromatic nitrogens is 4. The Morgan fingerprint density at radius 3 is 1.68 bits per heavy atom. The predicted octanol–water partition coefficient (Wildman–Crippen LogP) is 6.19. The van der Waals surface area contributed by atoms with E-state index in [0.29, 0.717) is 10.7 Å². The topological polar surface area (TPSA) is 74.4 Å². The molecule has 4 aromatic rings. The minimum Gasteiger partial charge on any atom is -0.346 e. The van der Waals surface area contributed by atoms with E-state index >= 15 is 0 Å². The summed E-state index contributed by atoms with van der Waals surface area (Å²) >= 11 is 14.1. The number of ketones is 1. The molecule has 0 saturated heterocycles. The van der Waals surface area contributed by atoms with Gasteiger partial charge in [-0.1, -0.05) is 31.9 Å². The lowest BCUT2D eigenvalue weighted by Gasteiger charge is -2.19. The molecule has 0 amide bonds. The van der Waals surface area contributed by atoms with Gasteiger partial charge in [-0.25, -0.2) is 9.97 Å². The van der Waals surface area contributed by atoms with Crippen LogP contribution in [-0.4, -0.2) is 36.4 Å². The van der Waals surface area contributed by atoms with Crippen LogP contribution in [0.25, 0.3) is 22.1 Å². The van der Waals surface area contributed by atoms with Gasteiger partial charge in [-0.05, 0) is 55.1 Å². The van der Waals surface area contributed by atoms with Crippen molar-refractivity contribution < 1.29 is 4.79 Å². The van der Waals surface area contributed by atoms with Crippen molar-refractivity contribution in [2.45, 2.75) is 11.8 Å². The standard InChI is InChI=1S/C19H14Br4N4O/c20-3-13(15-7-26-18-11(15)1-9(22)5-24-18)17(28)14(4-21)16-8-27-19-12(16)2-10(23)6-25-19/h1-2,5-8,13-14H,3-4H2,(H,24,26)(H,25,27). The lowest BCUT2D eigenvalue weighted by molar-refractivity contribution is -0.120. The Morgan fingerprint density at radius 1 is 0.857 bits per heavy atom. The summed E-state index contributed by atoms with van der Waals surface area (Å²) < 4.78 is 1.76. The molecule has 4 aromatic heterocycles. The Bertz CT molecular complexity index is 1080. The van der Waals surface area contributed by atoms with Crippen molar-refractivity contribution in [3.05, 3.63) is 57.0 Å². The molecule has 0 aliphatic heterocycles. The number of rotatable bonds is 6. The van der Waals surface area contributed by atoms with Gasteiger partial charge in [-0.15, -0.1) is 0 Å². The summed E-state index contributed by atoms with van der Waals surface area (Å²) in [5, 5.41) is 2.95. The Morgan fingerprint density at radius 2 is 1.29 bits per heavy atom. The first kappa shape index (κ1) is 20.3. The second kappa shape index (κ2) is 8.38. The third-order valence-corrected chi connectivity index (χ3v) is 6.97. The van der Waals surface area contributed by atoms with Gasteiger partial charge < -0.3 is 9.97 Å². The minimum atomic E-state index is -0.308. The summed E-state index contributed by atoms with van der Waals surface area (Å²) in [4.78, 5) is 28.7. The first-order chi connectivity index (χ1) is 13.5. The molecule has 2 atom stereocenters. The quantitative estimate of drug-likeness (QED) is 0.249. The van der Waals surface area contributed by atoms with Gasteiger partial charge in [0.05, 0.1) is 11.8 Å². The maximum absolute atomic E-state index is 13.6. The van der Waals surface area contributed by atoms with E-state index in [1.54, 1.807) is 12.4 Å². The number of nitrogens with one attached hydrogen (secondary N) is 2. The highest BCUT2D eigenvalue weighted by Gasteiger charge is 2.31. The second-order valence-electron chi connectivity index (χ2n) is 6.40. The molecule has 0 aliphatic rings. The highest BCUT2D eigenvalue weighted by Crippen LogP contribution is 2.36. The van der Waals surface area contributed by atoms with Crippen molar-refractivity contribution >= 4 is 91.6 Å². The normalized spacial score (nSPS) is 13.9. The van der Waals surface area contributed by atoms with Gasteiger partial charge in [0, 0.05) is 55.2 Å². The number of nitrogens with zero attached hydrogens (tertiary/aromatic N) is 2. The molecule has 2 unspecified atom stereocenters. The van der Waals surface area contributed by atoms with E-state index in [4.69, 9.17) is 0 Å². The summed E-state index contributed by atoms with van der Waals surface area (Å²) in [5.74, 6) is -0.481. The van der Waals surface area contributed by atoms with Gasteiger partial charge in [0.1, 0.15) is 17.1 Å². The number of aromatic amines is 2. The van der Waals surface area contributed by atoms with Crippen LogP contribution in [-0.2, 0) is 4.79 Å². The number of carbonyl (C=O) groups excluding carboxylic acids is 1. The first-order valence-electron chi connectivity index (χ1n) is 8.44. The molecule has 4 rings (SSSR count). The van der Waals surface area contributed by atoms with Crippen LogP contribution in [0.5, 0.6) is 0 Å². The number of fused-ring (bicyclic) bond motifs is 2. The van der Waals surface area contributed by atoms with Crippen molar-refractivity contribution in [3.63, 3.8) is 0 Å². The molecule has 0 aliphatic carbocycles. The summed E-state index contributed by atoms with van der Waals surface area (Å²) in [7, 11) is 0. The lowest BCUT2D eigenvalue weighted by atomic mass is 9.86. The number of hydrogen-bond acceptors (Lipinski definition) is 3. The Hall–Kier alpha value is -1.03. The Kier molecular flexibility index (Phi) is 6.06. The molecule has 28 heavy (non-hydrogen) atoms. The number of halogens is 4. The van der Waals surface area contributed by atoms with Gasteiger partial charge in [0.2, 0.25) is 0 Å². The van der Waals surface area contributed by atoms with Crippen LogP contribution >= 0.6 is 63.7 Å². The second-order valence-corrected chi connectivity index (χ2v) is 9.53. The van der Waals surface area contributed by atoms with Crippen molar-refractivity contribution in [1.29, 1.82) is 0 Å². The average molecular weight is 634 g/mol. The first-order valence-corrected chi connectivity index (χ1v) is 12.3. The van der Waals surface area contributed by atoms with E-state index in [9.17, 15) is 4.79 Å². The fourth-order valence-corrected chi connectivity index (χ4v) is 5.44. The molecule has 0 bridgehead atoms. The van der Waals surface area contributed by atoms with Gasteiger partial charge >= 0.3 is 0 Å². The monoisotopic (exact) mass is 630 g/mol. The van der Waals surface area contributed by atoms with Crippen LogP contribution in [0.15, 0.2) is 45.9 Å². The number of alkyl halides is 2. The van der Waals surface area contributed by atoms with E-state index < -0.39 is 0 Å². The zero-order chi connectivity index (χ0) is 19.8. The number of hydrogen-bond donors (Lipinski definition) is 2. The minimum absolute atomic E-state index is 0.135. The van der Waals surface area contributed by atoms with E-state index in [1.807, 2.05) is 24.5 Å². The number of carbonyl (C=O) groups is 1. The summed E-state index contributed by atoms with van der Waals surface area (Å²) in [6, 6.07) is 3.99. The van der Waals surface area contributed by atoms with Crippen LogP contribution in [0.4, 0.5) is 0 Å². The predicted molar refractivity (Wildman–Crippen MR) is 126 cm³/mol. The molecule has 0 saturated carbocycles. The molecule has 0 aromatic carbocycles. The van der Waals surface area contributed by atoms with E-state index in [0.717, 1.165) is 42.1 Å². The summed E-state index contributed by atoms with van der Waals surface area (Å²) in [5.41, 5.74) is 3.42. The molecule has 4 heterocycles. The van der Waals surface area contributed by atoms with Crippen molar-refractivity contribution in [3.8, 4) is 0 Å². The molecule has 5 nitrogen and oxygen atoms in total. The average Bonchev–Trinajstić information content (AvgIpc) is 3.28.